The molecule has 0 aliphatic rings. The summed E-state index contributed by atoms with van der Waals surface area (Å²) in [6, 6.07) is 16.6. The van der Waals surface area contributed by atoms with Gasteiger partial charge < -0.3 is 10.2 Å². The maximum atomic E-state index is 12.7. The second-order valence-electron chi connectivity index (χ2n) is 5.84. The van der Waals surface area contributed by atoms with Gasteiger partial charge in [0.05, 0.1) is 7.05 Å². The normalized spacial score (nSPS) is 12.9. The van der Waals surface area contributed by atoms with E-state index in [1.54, 1.807) is 0 Å². The van der Waals surface area contributed by atoms with Crippen molar-refractivity contribution in [3.63, 3.8) is 0 Å². The van der Waals surface area contributed by atoms with Crippen molar-refractivity contribution in [2.75, 3.05) is 13.6 Å². The molecule has 25 heavy (non-hydrogen) atoms. The minimum absolute atomic E-state index is 0.313. The Balaban J connectivity index is 2.20. The Labute approximate surface area is 156 Å². The van der Waals surface area contributed by atoms with E-state index in [9.17, 15) is 9.59 Å². The third kappa shape index (κ3) is 5.69. The molecule has 2 rings (SSSR count). The van der Waals surface area contributed by atoms with Gasteiger partial charge >= 0.3 is 6.03 Å². The van der Waals surface area contributed by atoms with Crippen molar-refractivity contribution in [3.8, 4) is 0 Å². The summed E-state index contributed by atoms with van der Waals surface area (Å²) < 4.78 is 1.02. The Morgan fingerprint density at radius 2 is 1.72 bits per heavy atom. The fourth-order valence-corrected chi connectivity index (χ4v) is 2.98. The topological polar surface area (TPSA) is 62.6 Å². The first-order valence-electron chi connectivity index (χ1n) is 8.21. The first-order valence-corrected chi connectivity index (χ1v) is 9.01. The molecule has 6 heteroatoms. The molecule has 3 amide bonds. The number of carbonyl (C=O) groups excluding carboxylic acids is 2. The molecule has 2 aromatic carbocycles. The lowest BCUT2D eigenvalue weighted by atomic mass is 10.0. The third-order valence-corrected chi connectivity index (χ3v) is 4.39. The largest absolute Gasteiger partial charge is 0.338 e. The molecule has 1 unspecified atom stereocenters. The number of amides is 3. The fourth-order valence-electron chi connectivity index (χ4n) is 2.72. The zero-order valence-corrected chi connectivity index (χ0v) is 16.0. The first-order chi connectivity index (χ1) is 12.0. The van der Waals surface area contributed by atoms with Gasteiger partial charge in [0.1, 0.15) is 6.54 Å². The van der Waals surface area contributed by atoms with Crippen molar-refractivity contribution in [2.45, 2.75) is 19.5 Å². The third-order valence-electron chi connectivity index (χ3n) is 3.86. The summed E-state index contributed by atoms with van der Waals surface area (Å²) >= 11 is 3.43. The summed E-state index contributed by atoms with van der Waals surface area (Å²) in [6.45, 7) is 2.94. The van der Waals surface area contributed by atoms with Gasteiger partial charge in [-0.1, -0.05) is 58.4 Å². The number of hydrogen-bond donors (Lipinski definition) is 3. The number of likely N-dealkylation sites (N-methyl/N-ethyl adjacent to an activating group) is 1. The Hall–Kier alpha value is -2.18. The SMILES string of the molecule is CCNC(=O)NC(=O)[C@@H](c1ccccc1)[NH+](C)Cc1ccc(Br)cc1. The highest BCUT2D eigenvalue weighted by Crippen LogP contribution is 2.12. The van der Waals surface area contributed by atoms with Crippen LogP contribution < -0.4 is 15.5 Å². The number of benzene rings is 2. The van der Waals surface area contributed by atoms with Crippen molar-refractivity contribution >= 4 is 27.9 Å². The summed E-state index contributed by atoms with van der Waals surface area (Å²) in [5, 5.41) is 5.03. The average Bonchev–Trinajstić information content (AvgIpc) is 2.58. The van der Waals surface area contributed by atoms with Crippen LogP contribution in [0.15, 0.2) is 59.1 Å². The Kier molecular flexibility index (Phi) is 7.16. The molecule has 0 aliphatic heterocycles. The predicted molar refractivity (Wildman–Crippen MR) is 101 cm³/mol. The number of urea groups is 1. The van der Waals surface area contributed by atoms with Crippen LogP contribution in [0, 0.1) is 0 Å². The zero-order chi connectivity index (χ0) is 18.2. The van der Waals surface area contributed by atoms with E-state index in [0.29, 0.717) is 13.1 Å². The Morgan fingerprint density at radius 1 is 1.08 bits per heavy atom. The van der Waals surface area contributed by atoms with Gasteiger partial charge in [0.2, 0.25) is 0 Å². The van der Waals surface area contributed by atoms with E-state index < -0.39 is 12.1 Å². The van der Waals surface area contributed by atoms with E-state index >= 15 is 0 Å². The number of carbonyl (C=O) groups is 2. The molecule has 0 aromatic heterocycles. The molecule has 0 heterocycles. The lowest BCUT2D eigenvalue weighted by Gasteiger charge is -2.24. The van der Waals surface area contributed by atoms with Crippen LogP contribution in [0.3, 0.4) is 0 Å². The molecule has 0 radical (unpaired) electrons. The van der Waals surface area contributed by atoms with Crippen LogP contribution in [0.5, 0.6) is 0 Å². The van der Waals surface area contributed by atoms with Gasteiger partial charge in [-0.25, -0.2) is 4.79 Å². The van der Waals surface area contributed by atoms with E-state index in [-0.39, 0.29) is 5.91 Å². The van der Waals surface area contributed by atoms with Crippen molar-refractivity contribution < 1.29 is 14.5 Å². The highest BCUT2D eigenvalue weighted by Gasteiger charge is 2.30. The monoisotopic (exact) mass is 404 g/mol. The molecule has 5 nitrogen and oxygen atoms in total. The highest BCUT2D eigenvalue weighted by atomic mass is 79.9. The molecule has 0 bridgehead atoms. The molecule has 132 valence electrons. The first kappa shape index (κ1) is 19.1. The predicted octanol–water partition coefficient (Wildman–Crippen LogP) is 2.05. The minimum atomic E-state index is -0.479. The minimum Gasteiger partial charge on any atom is -0.338 e. The molecule has 3 N–H and O–H groups in total. The molecule has 0 fully saturated rings. The van der Waals surface area contributed by atoms with Gasteiger partial charge in [0, 0.05) is 22.1 Å². The number of hydrogen-bond acceptors (Lipinski definition) is 2. The van der Waals surface area contributed by atoms with Crippen LogP contribution in [-0.4, -0.2) is 25.5 Å². The van der Waals surface area contributed by atoms with Crippen molar-refractivity contribution in [1.29, 1.82) is 0 Å². The van der Waals surface area contributed by atoms with Gasteiger partial charge in [0.25, 0.3) is 5.91 Å². The molecule has 0 saturated carbocycles. The van der Waals surface area contributed by atoms with Crippen molar-refractivity contribution in [2.24, 2.45) is 0 Å². The average molecular weight is 405 g/mol. The van der Waals surface area contributed by atoms with E-state index in [2.05, 4.69) is 26.6 Å². The molecule has 0 aliphatic carbocycles. The lowest BCUT2D eigenvalue weighted by molar-refractivity contribution is -0.916. The number of rotatable bonds is 6. The molecule has 0 saturated heterocycles. The molecule has 2 aromatic rings. The van der Waals surface area contributed by atoms with Crippen molar-refractivity contribution in [1.82, 2.24) is 10.6 Å². The van der Waals surface area contributed by atoms with Crippen LogP contribution in [0.4, 0.5) is 4.79 Å². The van der Waals surface area contributed by atoms with Crippen LogP contribution in [0.2, 0.25) is 0 Å². The Bertz CT molecular complexity index is 704. The standard InChI is InChI=1S/C19H22BrN3O2/c1-3-21-19(25)22-18(24)17(15-7-5-4-6-8-15)23(2)13-14-9-11-16(20)12-10-14/h4-12,17H,3,13H2,1-2H3,(H2,21,22,24,25)/p+1/t17-/m1/s1. The summed E-state index contributed by atoms with van der Waals surface area (Å²) in [7, 11) is 1.96. The molecular weight excluding hydrogens is 382 g/mol. The van der Waals surface area contributed by atoms with Gasteiger partial charge in [-0.05, 0) is 19.1 Å². The maximum Gasteiger partial charge on any atom is 0.321 e. The van der Waals surface area contributed by atoms with Crippen LogP contribution >= 0.6 is 15.9 Å². The van der Waals surface area contributed by atoms with Crippen molar-refractivity contribution in [3.05, 3.63) is 70.2 Å². The number of quaternary nitrogens is 1. The Morgan fingerprint density at radius 3 is 2.32 bits per heavy atom. The van der Waals surface area contributed by atoms with Crippen LogP contribution in [0.25, 0.3) is 0 Å². The van der Waals surface area contributed by atoms with E-state index in [0.717, 1.165) is 20.5 Å². The lowest BCUT2D eigenvalue weighted by Crippen LogP contribution is -3.09. The van der Waals surface area contributed by atoms with E-state index in [1.807, 2.05) is 68.6 Å². The molecule has 0 spiro atoms. The summed E-state index contributed by atoms with van der Waals surface area (Å²) in [5.74, 6) is -0.313. The second-order valence-corrected chi connectivity index (χ2v) is 6.76. The summed E-state index contributed by atoms with van der Waals surface area (Å²) in [5.41, 5.74) is 1.99. The van der Waals surface area contributed by atoms with Gasteiger partial charge in [-0.2, -0.15) is 0 Å². The van der Waals surface area contributed by atoms with Gasteiger partial charge in [-0.15, -0.1) is 0 Å². The quantitative estimate of drug-likeness (QED) is 0.689. The number of nitrogens with one attached hydrogen (secondary N) is 3. The molecular formula is C19H23BrN3O2+. The van der Waals surface area contributed by atoms with E-state index in [1.165, 1.54) is 0 Å². The highest BCUT2D eigenvalue weighted by molar-refractivity contribution is 9.10. The van der Waals surface area contributed by atoms with Crippen LogP contribution in [0.1, 0.15) is 24.1 Å². The molecule has 2 atom stereocenters. The zero-order valence-electron chi connectivity index (χ0n) is 14.4. The fraction of sp³-hybridized carbons (Fsp3) is 0.263. The summed E-state index contributed by atoms with van der Waals surface area (Å²) in [4.78, 5) is 25.4. The van der Waals surface area contributed by atoms with Gasteiger partial charge in [-0.3, -0.25) is 10.1 Å². The number of halogens is 1. The smallest absolute Gasteiger partial charge is 0.321 e. The maximum absolute atomic E-state index is 12.7. The second kappa shape index (κ2) is 9.34. The van der Waals surface area contributed by atoms with Crippen LogP contribution in [-0.2, 0) is 11.3 Å². The van der Waals surface area contributed by atoms with Gasteiger partial charge in [0.15, 0.2) is 6.04 Å². The number of imide groups is 1. The van der Waals surface area contributed by atoms with E-state index in [4.69, 9.17) is 0 Å². The summed E-state index contributed by atoms with van der Waals surface area (Å²) in [6.07, 6.45) is 0.